The van der Waals surface area contributed by atoms with Gasteiger partial charge >= 0.3 is 0 Å². The molecule has 0 aliphatic carbocycles. The predicted molar refractivity (Wildman–Crippen MR) is 46.6 cm³/mol. The molecule has 0 atom stereocenters. The lowest BCUT2D eigenvalue weighted by atomic mass is 10.6. The van der Waals surface area contributed by atoms with Crippen LogP contribution in [0.15, 0.2) is 0 Å². The molecule has 0 aliphatic rings. The average molecular weight is 211 g/mol. The number of H-pyrrole nitrogens is 1. The number of nitrogens with one attached hydrogen (secondary N) is 1. The van der Waals surface area contributed by atoms with E-state index in [0.717, 1.165) is 0 Å². The molecule has 68 valence electrons. The Kier molecular flexibility index (Phi) is 3.10. The number of hydrogen-bond acceptors (Lipinski definition) is 4. The van der Waals surface area contributed by atoms with Gasteiger partial charge in [0, 0.05) is 7.05 Å². The number of alkyl halides is 2. The molecule has 7 heteroatoms. The summed E-state index contributed by atoms with van der Waals surface area (Å²) in [4.78, 5) is 1.36. The standard InChI is InChI=1S/C5H7F2N3S2/c1-10(2-3(6)7)4-8-9-5(11)12-4/h3H,2H2,1H3,(H,9,11). The SMILES string of the molecule is CN(CC(F)F)c1n[nH]c(=S)s1. The highest BCUT2D eigenvalue weighted by Gasteiger charge is 2.10. The van der Waals surface area contributed by atoms with Crippen LogP contribution in [0.5, 0.6) is 0 Å². The van der Waals surface area contributed by atoms with E-state index in [1.54, 1.807) is 7.05 Å². The number of hydrogen-bond donors (Lipinski definition) is 1. The molecule has 0 bridgehead atoms. The van der Waals surface area contributed by atoms with Crippen molar-refractivity contribution in [1.29, 1.82) is 0 Å². The lowest BCUT2D eigenvalue weighted by Crippen LogP contribution is -2.23. The van der Waals surface area contributed by atoms with E-state index >= 15 is 0 Å². The highest BCUT2D eigenvalue weighted by Crippen LogP contribution is 2.16. The van der Waals surface area contributed by atoms with Crippen molar-refractivity contribution in [3.05, 3.63) is 3.95 Å². The van der Waals surface area contributed by atoms with Gasteiger partial charge in [-0.15, -0.1) is 5.10 Å². The van der Waals surface area contributed by atoms with E-state index in [1.807, 2.05) is 0 Å². The highest BCUT2D eigenvalue weighted by molar-refractivity contribution is 7.73. The molecule has 1 aromatic heterocycles. The zero-order valence-corrected chi connectivity index (χ0v) is 7.88. The van der Waals surface area contributed by atoms with E-state index in [2.05, 4.69) is 10.2 Å². The third-order valence-corrected chi connectivity index (χ3v) is 2.37. The number of aromatic nitrogens is 2. The molecule has 0 radical (unpaired) electrons. The fourth-order valence-electron chi connectivity index (χ4n) is 0.670. The second-order valence-corrected chi connectivity index (χ2v) is 3.81. The molecule has 0 spiro atoms. The topological polar surface area (TPSA) is 31.9 Å². The smallest absolute Gasteiger partial charge is 0.255 e. The number of rotatable bonds is 3. The van der Waals surface area contributed by atoms with Gasteiger partial charge in [0.1, 0.15) is 0 Å². The molecule has 0 saturated heterocycles. The van der Waals surface area contributed by atoms with Crippen molar-refractivity contribution in [2.24, 2.45) is 0 Å². The van der Waals surface area contributed by atoms with Gasteiger partial charge in [-0.2, -0.15) is 0 Å². The van der Waals surface area contributed by atoms with Crippen LogP contribution in [0.2, 0.25) is 0 Å². The van der Waals surface area contributed by atoms with Crippen molar-refractivity contribution in [3.63, 3.8) is 0 Å². The molecule has 1 N–H and O–H groups in total. The number of nitrogens with zero attached hydrogens (tertiary/aromatic N) is 2. The zero-order chi connectivity index (χ0) is 9.14. The Morgan fingerprint density at radius 1 is 1.75 bits per heavy atom. The molecule has 12 heavy (non-hydrogen) atoms. The van der Waals surface area contributed by atoms with Crippen LogP contribution in [0, 0.1) is 3.95 Å². The summed E-state index contributed by atoms with van der Waals surface area (Å²) in [6.45, 7) is -0.323. The quantitative estimate of drug-likeness (QED) is 0.775. The Bertz CT molecular complexity index is 295. The Hall–Kier alpha value is -0.560. The molecule has 0 aliphatic heterocycles. The van der Waals surface area contributed by atoms with Gasteiger partial charge in [-0.3, -0.25) is 5.10 Å². The summed E-state index contributed by atoms with van der Waals surface area (Å²) in [5.41, 5.74) is 0. The van der Waals surface area contributed by atoms with Crippen LogP contribution >= 0.6 is 23.6 Å². The molecule has 1 heterocycles. The normalized spacial score (nSPS) is 10.7. The molecule has 0 unspecified atom stereocenters. The largest absolute Gasteiger partial charge is 0.344 e. The van der Waals surface area contributed by atoms with Gasteiger partial charge in [0.25, 0.3) is 6.43 Å². The van der Waals surface area contributed by atoms with Crippen molar-refractivity contribution in [3.8, 4) is 0 Å². The molecular formula is C5H7F2N3S2. The molecular weight excluding hydrogens is 204 g/mol. The third kappa shape index (κ3) is 2.49. The van der Waals surface area contributed by atoms with Crippen LogP contribution in [0.3, 0.4) is 0 Å². The van der Waals surface area contributed by atoms with Crippen LogP contribution in [-0.4, -0.2) is 30.2 Å². The maximum Gasteiger partial charge on any atom is 0.255 e. The van der Waals surface area contributed by atoms with Gasteiger partial charge in [-0.25, -0.2) is 8.78 Å². The summed E-state index contributed by atoms with van der Waals surface area (Å²) in [7, 11) is 1.55. The summed E-state index contributed by atoms with van der Waals surface area (Å²) in [6, 6.07) is 0. The third-order valence-electron chi connectivity index (χ3n) is 1.17. The van der Waals surface area contributed by atoms with E-state index in [4.69, 9.17) is 12.2 Å². The maximum absolute atomic E-state index is 11.9. The number of halogens is 2. The van der Waals surface area contributed by atoms with Crippen molar-refractivity contribution < 1.29 is 8.78 Å². The molecule has 1 rings (SSSR count). The first-order chi connectivity index (χ1) is 5.59. The summed E-state index contributed by atoms with van der Waals surface area (Å²) in [5, 5.41) is 6.76. The molecule has 0 saturated carbocycles. The molecule has 1 aromatic rings. The second-order valence-electron chi connectivity index (χ2n) is 2.17. The number of aromatic amines is 1. The van der Waals surface area contributed by atoms with E-state index in [-0.39, 0.29) is 6.54 Å². The maximum atomic E-state index is 11.9. The molecule has 0 aromatic carbocycles. The van der Waals surface area contributed by atoms with Crippen molar-refractivity contribution in [2.45, 2.75) is 6.43 Å². The molecule has 3 nitrogen and oxygen atoms in total. The predicted octanol–water partition coefficient (Wildman–Crippen LogP) is 1.90. The zero-order valence-electron chi connectivity index (χ0n) is 6.25. The van der Waals surface area contributed by atoms with E-state index in [1.165, 1.54) is 16.2 Å². The first-order valence-corrected chi connectivity index (χ1v) is 4.37. The lowest BCUT2D eigenvalue weighted by Gasteiger charge is -2.13. The van der Waals surface area contributed by atoms with Gasteiger partial charge in [0.2, 0.25) is 5.13 Å². The van der Waals surface area contributed by atoms with Crippen LogP contribution < -0.4 is 4.90 Å². The second kappa shape index (κ2) is 3.90. The van der Waals surface area contributed by atoms with Crippen molar-refractivity contribution >= 4 is 28.7 Å². The fourth-order valence-corrected chi connectivity index (χ4v) is 1.52. The van der Waals surface area contributed by atoms with Crippen LogP contribution in [0.1, 0.15) is 0 Å². The average Bonchev–Trinajstić information content (AvgIpc) is 2.34. The monoisotopic (exact) mass is 211 g/mol. The minimum Gasteiger partial charge on any atom is -0.344 e. The molecule has 0 fully saturated rings. The van der Waals surface area contributed by atoms with E-state index < -0.39 is 6.43 Å². The first-order valence-electron chi connectivity index (χ1n) is 3.14. The Morgan fingerprint density at radius 3 is 2.83 bits per heavy atom. The summed E-state index contributed by atoms with van der Waals surface area (Å²) < 4.78 is 24.2. The van der Waals surface area contributed by atoms with Crippen molar-refractivity contribution in [2.75, 3.05) is 18.5 Å². The van der Waals surface area contributed by atoms with Gasteiger partial charge < -0.3 is 4.90 Å². The van der Waals surface area contributed by atoms with Crippen molar-refractivity contribution in [1.82, 2.24) is 10.2 Å². The van der Waals surface area contributed by atoms with Gasteiger partial charge in [0.15, 0.2) is 3.95 Å². The number of anilines is 1. The Labute approximate surface area is 77.0 Å². The summed E-state index contributed by atoms with van der Waals surface area (Å²) in [5.74, 6) is 0. The van der Waals surface area contributed by atoms with Crippen LogP contribution in [0.25, 0.3) is 0 Å². The van der Waals surface area contributed by atoms with Gasteiger partial charge in [0.05, 0.1) is 6.54 Å². The Morgan fingerprint density at radius 2 is 2.42 bits per heavy atom. The first kappa shape index (κ1) is 9.53. The van der Waals surface area contributed by atoms with Crippen LogP contribution in [0.4, 0.5) is 13.9 Å². The van der Waals surface area contributed by atoms with E-state index in [0.29, 0.717) is 9.09 Å². The van der Waals surface area contributed by atoms with E-state index in [9.17, 15) is 8.78 Å². The Balaban J connectivity index is 2.65. The van der Waals surface area contributed by atoms with Gasteiger partial charge in [-0.05, 0) is 12.2 Å². The minimum atomic E-state index is -2.35. The lowest BCUT2D eigenvalue weighted by molar-refractivity contribution is 0.156. The van der Waals surface area contributed by atoms with Crippen LogP contribution in [-0.2, 0) is 0 Å². The van der Waals surface area contributed by atoms with Gasteiger partial charge in [-0.1, -0.05) is 11.3 Å². The minimum absolute atomic E-state index is 0.323. The molecule has 0 amide bonds. The highest BCUT2D eigenvalue weighted by atomic mass is 32.1. The summed E-state index contributed by atoms with van der Waals surface area (Å²) >= 11 is 5.93. The fraction of sp³-hybridized carbons (Fsp3) is 0.600. The summed E-state index contributed by atoms with van der Waals surface area (Å²) in [6.07, 6.45) is -2.35.